The molecule has 0 atom stereocenters. The van der Waals surface area contributed by atoms with Crippen molar-refractivity contribution in [2.24, 2.45) is 0 Å². The number of carbonyl (C=O) groups is 1. The molecule has 0 amide bonds. The maximum atomic E-state index is 11.1. The van der Waals surface area contributed by atoms with Crippen molar-refractivity contribution in [3.05, 3.63) is 46.8 Å². The van der Waals surface area contributed by atoms with Gasteiger partial charge in [0.2, 0.25) is 0 Å². The smallest absolute Gasteiger partial charge is 0.339 e. The lowest BCUT2D eigenvalue weighted by molar-refractivity contribution is 0.0695. The first-order valence-corrected chi connectivity index (χ1v) is 5.69. The van der Waals surface area contributed by atoms with Gasteiger partial charge in [-0.2, -0.15) is 5.10 Å². The van der Waals surface area contributed by atoms with E-state index in [9.17, 15) is 4.79 Å². The molecule has 0 aliphatic rings. The van der Waals surface area contributed by atoms with Crippen molar-refractivity contribution in [3.8, 4) is 0 Å². The first kappa shape index (κ1) is 12.2. The van der Waals surface area contributed by atoms with Gasteiger partial charge in [0.25, 0.3) is 0 Å². The molecule has 0 saturated heterocycles. The summed E-state index contributed by atoms with van der Waals surface area (Å²) in [5.74, 6) is -0.937. The molecule has 2 rings (SSSR count). The second kappa shape index (κ2) is 4.91. The summed E-state index contributed by atoms with van der Waals surface area (Å²) in [6.07, 6.45) is 1.33. The quantitative estimate of drug-likeness (QED) is 0.716. The van der Waals surface area contributed by atoms with Crippen LogP contribution in [0.25, 0.3) is 0 Å². The molecule has 18 heavy (non-hydrogen) atoms. The van der Waals surface area contributed by atoms with Gasteiger partial charge in [-0.05, 0) is 37.5 Å². The maximum absolute atomic E-state index is 11.1. The fourth-order valence-corrected chi connectivity index (χ4v) is 1.89. The van der Waals surface area contributed by atoms with E-state index < -0.39 is 5.97 Å². The average molecular weight is 245 g/mol. The Labute approximate surface area is 105 Å². The molecular weight excluding hydrogens is 230 g/mol. The third-order valence-corrected chi connectivity index (χ3v) is 2.87. The number of aromatic nitrogens is 2. The molecule has 5 nitrogen and oxygen atoms in total. The van der Waals surface area contributed by atoms with Gasteiger partial charge in [-0.3, -0.25) is 5.10 Å². The molecule has 2 aromatic rings. The van der Waals surface area contributed by atoms with Crippen LogP contribution in [-0.2, 0) is 12.8 Å². The Hall–Kier alpha value is -2.30. The van der Waals surface area contributed by atoms with Crippen LogP contribution in [0.3, 0.4) is 0 Å². The van der Waals surface area contributed by atoms with E-state index in [0.717, 1.165) is 17.7 Å². The van der Waals surface area contributed by atoms with Crippen LogP contribution in [0.5, 0.6) is 0 Å². The molecule has 94 valence electrons. The first-order chi connectivity index (χ1) is 8.58. The number of aryl methyl sites for hydroxylation is 3. The number of anilines is 1. The van der Waals surface area contributed by atoms with Crippen LogP contribution in [-0.4, -0.2) is 21.3 Å². The molecule has 0 spiro atoms. The largest absolute Gasteiger partial charge is 0.478 e. The van der Waals surface area contributed by atoms with Crippen LogP contribution < -0.4 is 5.73 Å². The molecule has 0 aliphatic carbocycles. The lowest BCUT2D eigenvalue weighted by Gasteiger charge is -2.01. The van der Waals surface area contributed by atoms with Gasteiger partial charge < -0.3 is 10.8 Å². The Morgan fingerprint density at radius 1 is 1.33 bits per heavy atom. The highest BCUT2D eigenvalue weighted by Crippen LogP contribution is 2.14. The van der Waals surface area contributed by atoms with E-state index in [1.807, 2.05) is 24.3 Å². The normalized spacial score (nSPS) is 10.5. The molecule has 1 aromatic heterocycles. The zero-order chi connectivity index (χ0) is 13.1. The summed E-state index contributed by atoms with van der Waals surface area (Å²) in [6, 6.07) is 7.55. The van der Waals surface area contributed by atoms with Gasteiger partial charge in [-0.15, -0.1) is 0 Å². The number of carboxylic acids is 1. The second-order valence-electron chi connectivity index (χ2n) is 4.22. The summed E-state index contributed by atoms with van der Waals surface area (Å²) in [6.45, 7) is 1.71. The number of nitrogens with two attached hydrogens (primary N) is 1. The third kappa shape index (κ3) is 2.51. The summed E-state index contributed by atoms with van der Waals surface area (Å²) in [4.78, 5) is 11.1. The summed E-state index contributed by atoms with van der Waals surface area (Å²) in [5.41, 5.74) is 8.91. The standard InChI is InChI=1S/C13H15N3O2/c1-8-12(13(17)18)11(16-15-8)7-4-9-2-5-10(14)6-3-9/h2-3,5-6H,4,7,14H2,1H3,(H,15,16)(H,17,18). The third-order valence-electron chi connectivity index (χ3n) is 2.87. The zero-order valence-corrected chi connectivity index (χ0v) is 10.1. The van der Waals surface area contributed by atoms with Gasteiger partial charge in [0.15, 0.2) is 0 Å². The second-order valence-corrected chi connectivity index (χ2v) is 4.22. The van der Waals surface area contributed by atoms with Gasteiger partial charge in [0.1, 0.15) is 5.56 Å². The lowest BCUT2D eigenvalue weighted by Crippen LogP contribution is -2.03. The molecule has 1 aromatic carbocycles. The Morgan fingerprint density at radius 3 is 2.61 bits per heavy atom. The molecular formula is C13H15N3O2. The van der Waals surface area contributed by atoms with Crippen LogP contribution in [0.15, 0.2) is 24.3 Å². The fraction of sp³-hybridized carbons (Fsp3) is 0.231. The number of nitrogens with zero attached hydrogens (tertiary/aromatic N) is 1. The number of nitrogens with one attached hydrogen (secondary N) is 1. The minimum absolute atomic E-state index is 0.283. The summed E-state index contributed by atoms with van der Waals surface area (Å²) >= 11 is 0. The fourth-order valence-electron chi connectivity index (χ4n) is 1.89. The highest BCUT2D eigenvalue weighted by Gasteiger charge is 2.16. The molecule has 1 heterocycles. The summed E-state index contributed by atoms with van der Waals surface area (Å²) in [5, 5.41) is 15.8. The van der Waals surface area contributed by atoms with Crippen molar-refractivity contribution in [1.82, 2.24) is 10.2 Å². The molecule has 0 fully saturated rings. The Morgan fingerprint density at radius 2 is 2.00 bits per heavy atom. The number of aromatic carboxylic acids is 1. The van der Waals surface area contributed by atoms with Crippen molar-refractivity contribution in [1.29, 1.82) is 0 Å². The van der Waals surface area contributed by atoms with Crippen LogP contribution in [0, 0.1) is 6.92 Å². The van der Waals surface area contributed by atoms with E-state index >= 15 is 0 Å². The number of aromatic amines is 1. The highest BCUT2D eigenvalue weighted by atomic mass is 16.4. The Balaban J connectivity index is 2.11. The number of carboxylic acid groups (broad SMARTS) is 1. The number of nitrogen functional groups attached to an aromatic ring is 1. The van der Waals surface area contributed by atoms with Crippen molar-refractivity contribution >= 4 is 11.7 Å². The molecule has 4 N–H and O–H groups in total. The first-order valence-electron chi connectivity index (χ1n) is 5.69. The van der Waals surface area contributed by atoms with Crippen molar-refractivity contribution in [3.63, 3.8) is 0 Å². The van der Waals surface area contributed by atoms with E-state index in [4.69, 9.17) is 10.8 Å². The van der Waals surface area contributed by atoms with Gasteiger partial charge in [0, 0.05) is 11.4 Å². The Kier molecular flexibility index (Phi) is 3.32. The molecule has 0 saturated carbocycles. The van der Waals surface area contributed by atoms with Gasteiger partial charge >= 0.3 is 5.97 Å². The van der Waals surface area contributed by atoms with Crippen LogP contribution in [0.2, 0.25) is 0 Å². The average Bonchev–Trinajstić information content (AvgIpc) is 2.70. The number of hydrogen-bond acceptors (Lipinski definition) is 3. The van der Waals surface area contributed by atoms with Gasteiger partial charge in [-0.25, -0.2) is 4.79 Å². The highest BCUT2D eigenvalue weighted by molar-refractivity contribution is 5.90. The van der Waals surface area contributed by atoms with Crippen molar-refractivity contribution < 1.29 is 9.90 Å². The SMILES string of the molecule is Cc1[nH]nc(CCc2ccc(N)cc2)c1C(=O)O. The number of H-pyrrole nitrogens is 1. The molecule has 5 heteroatoms. The van der Waals surface area contributed by atoms with Crippen LogP contribution in [0.4, 0.5) is 5.69 Å². The monoisotopic (exact) mass is 245 g/mol. The van der Waals surface area contributed by atoms with Gasteiger partial charge in [0.05, 0.1) is 5.69 Å². The van der Waals surface area contributed by atoms with Crippen molar-refractivity contribution in [2.75, 3.05) is 5.73 Å². The summed E-state index contributed by atoms with van der Waals surface area (Å²) in [7, 11) is 0. The van der Waals surface area contributed by atoms with Gasteiger partial charge in [-0.1, -0.05) is 12.1 Å². The Bertz CT molecular complexity index is 558. The molecule has 0 unspecified atom stereocenters. The van der Waals surface area contributed by atoms with E-state index in [2.05, 4.69) is 10.2 Å². The molecule has 0 aliphatic heterocycles. The molecule has 0 bridgehead atoms. The number of hydrogen-bond donors (Lipinski definition) is 3. The van der Waals surface area contributed by atoms with Crippen molar-refractivity contribution in [2.45, 2.75) is 19.8 Å². The van der Waals surface area contributed by atoms with E-state index in [1.54, 1.807) is 6.92 Å². The minimum atomic E-state index is -0.937. The molecule has 0 radical (unpaired) electrons. The zero-order valence-electron chi connectivity index (χ0n) is 10.1. The predicted octanol–water partition coefficient (Wildman–Crippen LogP) is 1.78. The van der Waals surface area contributed by atoms with Crippen LogP contribution in [0.1, 0.15) is 27.3 Å². The topological polar surface area (TPSA) is 92.0 Å². The minimum Gasteiger partial charge on any atom is -0.478 e. The maximum Gasteiger partial charge on any atom is 0.339 e. The van der Waals surface area contributed by atoms with E-state index in [0.29, 0.717) is 17.8 Å². The van der Waals surface area contributed by atoms with Crippen LogP contribution >= 0.6 is 0 Å². The number of rotatable bonds is 4. The lowest BCUT2D eigenvalue weighted by atomic mass is 10.0. The van der Waals surface area contributed by atoms with E-state index in [1.165, 1.54) is 0 Å². The number of benzene rings is 1. The predicted molar refractivity (Wildman–Crippen MR) is 68.5 cm³/mol. The van der Waals surface area contributed by atoms with E-state index in [-0.39, 0.29) is 5.56 Å². The summed E-state index contributed by atoms with van der Waals surface area (Å²) < 4.78 is 0.